The standard InChI is InChI=1S/C18H15BrO7/c1-23-11-7-10(20)12-14(22)18(25-3)15(26-17(12)16(11)24-2)8-5-4-6-9(19)13(8)21/h4-7,20-21H,1-3H3. The zero-order valence-electron chi connectivity index (χ0n) is 14.1. The maximum absolute atomic E-state index is 12.9. The van der Waals surface area contributed by atoms with Gasteiger partial charge >= 0.3 is 0 Å². The van der Waals surface area contributed by atoms with Gasteiger partial charge in [-0.2, -0.15) is 0 Å². The van der Waals surface area contributed by atoms with Crippen LogP contribution in [0.4, 0.5) is 0 Å². The smallest absolute Gasteiger partial charge is 0.239 e. The third-order valence-corrected chi connectivity index (χ3v) is 4.52. The van der Waals surface area contributed by atoms with E-state index < -0.39 is 5.43 Å². The van der Waals surface area contributed by atoms with Gasteiger partial charge < -0.3 is 28.8 Å². The summed E-state index contributed by atoms with van der Waals surface area (Å²) in [5, 5.41) is 20.5. The molecule has 0 spiro atoms. The Hall–Kier alpha value is -2.87. The van der Waals surface area contributed by atoms with Gasteiger partial charge in [0.1, 0.15) is 16.9 Å². The molecule has 0 aliphatic rings. The fourth-order valence-corrected chi connectivity index (χ4v) is 3.06. The van der Waals surface area contributed by atoms with E-state index in [1.807, 2.05) is 0 Å². The summed E-state index contributed by atoms with van der Waals surface area (Å²) in [6.07, 6.45) is 0. The van der Waals surface area contributed by atoms with Gasteiger partial charge in [-0.15, -0.1) is 0 Å². The fraction of sp³-hybridized carbons (Fsp3) is 0.167. The van der Waals surface area contributed by atoms with Crippen molar-refractivity contribution < 1.29 is 28.8 Å². The normalized spacial score (nSPS) is 10.8. The molecule has 136 valence electrons. The average molecular weight is 423 g/mol. The number of halogens is 1. The average Bonchev–Trinajstić information content (AvgIpc) is 2.63. The zero-order chi connectivity index (χ0) is 19.0. The van der Waals surface area contributed by atoms with Gasteiger partial charge in [0.15, 0.2) is 17.1 Å². The number of hydrogen-bond acceptors (Lipinski definition) is 7. The maximum Gasteiger partial charge on any atom is 0.239 e. The van der Waals surface area contributed by atoms with E-state index in [9.17, 15) is 15.0 Å². The number of methoxy groups -OCH3 is 3. The van der Waals surface area contributed by atoms with E-state index in [1.54, 1.807) is 18.2 Å². The summed E-state index contributed by atoms with van der Waals surface area (Å²) in [6.45, 7) is 0. The molecule has 0 aliphatic carbocycles. The second kappa shape index (κ2) is 6.80. The van der Waals surface area contributed by atoms with Gasteiger partial charge in [-0.3, -0.25) is 4.79 Å². The third-order valence-electron chi connectivity index (χ3n) is 3.88. The minimum absolute atomic E-state index is 0.00486. The molecule has 0 unspecified atom stereocenters. The van der Waals surface area contributed by atoms with Crippen molar-refractivity contribution in [2.24, 2.45) is 0 Å². The summed E-state index contributed by atoms with van der Waals surface area (Å²) < 4.78 is 22.0. The highest BCUT2D eigenvalue weighted by molar-refractivity contribution is 9.10. The predicted octanol–water partition coefficient (Wildman–Crippen LogP) is 3.66. The molecule has 0 atom stereocenters. The van der Waals surface area contributed by atoms with Crippen molar-refractivity contribution >= 4 is 26.9 Å². The van der Waals surface area contributed by atoms with E-state index in [1.165, 1.54) is 27.4 Å². The molecular formula is C18H15BrO7. The molecule has 1 aromatic heterocycles. The largest absolute Gasteiger partial charge is 0.507 e. The number of hydrogen-bond donors (Lipinski definition) is 2. The summed E-state index contributed by atoms with van der Waals surface area (Å²) in [7, 11) is 4.08. The minimum Gasteiger partial charge on any atom is -0.507 e. The molecular weight excluding hydrogens is 408 g/mol. The Bertz CT molecular complexity index is 1060. The quantitative estimate of drug-likeness (QED) is 0.661. The van der Waals surface area contributed by atoms with E-state index in [2.05, 4.69) is 15.9 Å². The molecule has 2 N–H and O–H groups in total. The van der Waals surface area contributed by atoms with Gasteiger partial charge in [0, 0.05) is 6.07 Å². The molecule has 0 fully saturated rings. The minimum atomic E-state index is -0.610. The molecule has 0 radical (unpaired) electrons. The number of benzene rings is 2. The second-order valence-electron chi connectivity index (χ2n) is 5.26. The third kappa shape index (κ3) is 2.62. The van der Waals surface area contributed by atoms with Crippen LogP contribution in [0.5, 0.6) is 28.7 Å². The summed E-state index contributed by atoms with van der Waals surface area (Å²) >= 11 is 3.23. The lowest BCUT2D eigenvalue weighted by Crippen LogP contribution is -2.09. The molecule has 0 saturated heterocycles. The number of ether oxygens (including phenoxy) is 3. The van der Waals surface area contributed by atoms with Crippen LogP contribution < -0.4 is 19.6 Å². The molecule has 0 amide bonds. The zero-order valence-corrected chi connectivity index (χ0v) is 15.7. The number of aromatic hydroxyl groups is 2. The Kier molecular flexibility index (Phi) is 4.69. The Balaban J connectivity index is 2.52. The Morgan fingerprint density at radius 2 is 1.73 bits per heavy atom. The molecule has 1 heterocycles. The van der Waals surface area contributed by atoms with Crippen LogP contribution in [0.15, 0.2) is 37.9 Å². The molecule has 0 aliphatic heterocycles. The van der Waals surface area contributed by atoms with Crippen LogP contribution in [0.1, 0.15) is 0 Å². The number of phenolic OH excluding ortho intramolecular Hbond substituents is 2. The van der Waals surface area contributed by atoms with Crippen molar-refractivity contribution in [3.05, 3.63) is 39.0 Å². The summed E-state index contributed by atoms with van der Waals surface area (Å²) in [6, 6.07) is 6.13. The van der Waals surface area contributed by atoms with E-state index in [-0.39, 0.29) is 51.0 Å². The number of rotatable bonds is 4. The van der Waals surface area contributed by atoms with Crippen LogP contribution in [-0.2, 0) is 0 Å². The predicted molar refractivity (Wildman–Crippen MR) is 98.6 cm³/mol. The summed E-state index contributed by atoms with van der Waals surface area (Å²) in [5.74, 6) is -0.303. The lowest BCUT2D eigenvalue weighted by molar-refractivity contribution is 0.348. The summed E-state index contributed by atoms with van der Waals surface area (Å²) in [5.41, 5.74) is -0.398. The van der Waals surface area contributed by atoms with Crippen molar-refractivity contribution in [3.63, 3.8) is 0 Å². The van der Waals surface area contributed by atoms with Crippen LogP contribution in [-0.4, -0.2) is 31.5 Å². The fourth-order valence-electron chi connectivity index (χ4n) is 2.69. The second-order valence-corrected chi connectivity index (χ2v) is 6.12. The van der Waals surface area contributed by atoms with Crippen LogP contribution in [0.3, 0.4) is 0 Å². The molecule has 8 heteroatoms. The van der Waals surface area contributed by atoms with Crippen LogP contribution in [0, 0.1) is 0 Å². The van der Waals surface area contributed by atoms with Gasteiger partial charge in [-0.1, -0.05) is 6.07 Å². The monoisotopic (exact) mass is 422 g/mol. The van der Waals surface area contributed by atoms with E-state index in [4.69, 9.17) is 18.6 Å². The number of para-hydroxylation sites is 1. The van der Waals surface area contributed by atoms with Crippen molar-refractivity contribution in [2.45, 2.75) is 0 Å². The van der Waals surface area contributed by atoms with Crippen LogP contribution >= 0.6 is 15.9 Å². The van der Waals surface area contributed by atoms with Gasteiger partial charge in [0.05, 0.1) is 31.4 Å². The molecule has 0 bridgehead atoms. The van der Waals surface area contributed by atoms with Crippen molar-refractivity contribution in [2.75, 3.05) is 21.3 Å². The number of fused-ring (bicyclic) bond motifs is 1. The van der Waals surface area contributed by atoms with Gasteiger partial charge in [0.25, 0.3) is 0 Å². The first-order valence-electron chi connectivity index (χ1n) is 7.41. The van der Waals surface area contributed by atoms with E-state index in [0.717, 1.165) is 0 Å². The molecule has 0 saturated carbocycles. The van der Waals surface area contributed by atoms with Gasteiger partial charge in [0.2, 0.25) is 16.9 Å². The highest BCUT2D eigenvalue weighted by Crippen LogP contribution is 2.45. The Morgan fingerprint density at radius 1 is 1.04 bits per heavy atom. The molecule has 3 aromatic rings. The molecule has 7 nitrogen and oxygen atoms in total. The van der Waals surface area contributed by atoms with Gasteiger partial charge in [-0.05, 0) is 28.1 Å². The SMILES string of the molecule is COc1cc(O)c2c(=O)c(OC)c(-c3cccc(Br)c3O)oc2c1OC. The summed E-state index contributed by atoms with van der Waals surface area (Å²) in [4.78, 5) is 12.9. The Morgan fingerprint density at radius 3 is 2.35 bits per heavy atom. The first-order valence-corrected chi connectivity index (χ1v) is 8.20. The van der Waals surface area contributed by atoms with Crippen molar-refractivity contribution in [1.29, 1.82) is 0 Å². The van der Waals surface area contributed by atoms with E-state index >= 15 is 0 Å². The van der Waals surface area contributed by atoms with Crippen molar-refractivity contribution in [3.8, 4) is 40.1 Å². The molecule has 3 rings (SSSR count). The number of phenols is 2. The Labute approximate surface area is 156 Å². The first kappa shape index (κ1) is 17.9. The highest BCUT2D eigenvalue weighted by Gasteiger charge is 2.26. The first-order chi connectivity index (χ1) is 12.4. The highest BCUT2D eigenvalue weighted by atomic mass is 79.9. The van der Waals surface area contributed by atoms with E-state index in [0.29, 0.717) is 4.47 Å². The topological polar surface area (TPSA) is 98.4 Å². The van der Waals surface area contributed by atoms with Crippen LogP contribution in [0.25, 0.3) is 22.3 Å². The van der Waals surface area contributed by atoms with Crippen molar-refractivity contribution in [1.82, 2.24) is 0 Å². The maximum atomic E-state index is 12.9. The van der Waals surface area contributed by atoms with Crippen LogP contribution in [0.2, 0.25) is 0 Å². The molecule has 2 aromatic carbocycles. The van der Waals surface area contributed by atoms with Gasteiger partial charge in [-0.25, -0.2) is 0 Å². The lowest BCUT2D eigenvalue weighted by atomic mass is 10.1. The lowest BCUT2D eigenvalue weighted by Gasteiger charge is -2.15. The molecule has 26 heavy (non-hydrogen) atoms.